The molecule has 2 rings (SSSR count). The molecule has 0 fully saturated rings. The van der Waals surface area contributed by atoms with Crippen LogP contribution in [-0.2, 0) is 11.0 Å². The van der Waals surface area contributed by atoms with Crippen molar-refractivity contribution < 1.29 is 18.0 Å². The molecule has 0 bridgehead atoms. The SMILES string of the molecule is CC(CC(=O)Nc1ccccc1C(F)(F)F)NCC(c1ccccc1)N(C)C. The normalized spacial score (nSPS) is 14.0. The molecule has 0 radical (unpaired) electrons. The summed E-state index contributed by atoms with van der Waals surface area (Å²) in [7, 11) is 3.95. The van der Waals surface area contributed by atoms with Crippen LogP contribution >= 0.6 is 0 Å². The minimum absolute atomic E-state index is 0.0706. The maximum atomic E-state index is 13.0. The van der Waals surface area contributed by atoms with Gasteiger partial charge in [0.1, 0.15) is 0 Å². The number of benzene rings is 2. The first-order valence-electron chi connectivity index (χ1n) is 9.09. The second-order valence-electron chi connectivity index (χ2n) is 7.00. The molecule has 0 aromatic heterocycles. The Morgan fingerprint density at radius 2 is 1.64 bits per heavy atom. The van der Waals surface area contributed by atoms with Crippen molar-refractivity contribution >= 4 is 11.6 Å². The molecule has 7 heteroatoms. The summed E-state index contributed by atoms with van der Waals surface area (Å²) in [5.41, 5.74) is 0.0825. The lowest BCUT2D eigenvalue weighted by molar-refractivity contribution is -0.137. The van der Waals surface area contributed by atoms with E-state index in [9.17, 15) is 18.0 Å². The Kier molecular flexibility index (Phi) is 7.60. The van der Waals surface area contributed by atoms with Gasteiger partial charge in [-0.3, -0.25) is 4.79 Å². The zero-order valence-electron chi connectivity index (χ0n) is 16.3. The Balaban J connectivity index is 1.93. The predicted molar refractivity (Wildman–Crippen MR) is 105 cm³/mol. The molecule has 0 aliphatic heterocycles. The maximum absolute atomic E-state index is 13.0. The van der Waals surface area contributed by atoms with Crippen LogP contribution in [0.4, 0.5) is 18.9 Å². The summed E-state index contributed by atoms with van der Waals surface area (Å²) in [6.45, 7) is 2.46. The van der Waals surface area contributed by atoms with Crippen LogP contribution in [0.3, 0.4) is 0 Å². The molecule has 0 saturated heterocycles. The van der Waals surface area contributed by atoms with E-state index in [0.717, 1.165) is 11.6 Å². The van der Waals surface area contributed by atoms with E-state index >= 15 is 0 Å². The molecular formula is C21H26F3N3O. The molecule has 0 aliphatic carbocycles. The van der Waals surface area contributed by atoms with E-state index in [1.165, 1.54) is 18.2 Å². The topological polar surface area (TPSA) is 44.4 Å². The second kappa shape index (κ2) is 9.71. The summed E-state index contributed by atoms with van der Waals surface area (Å²) >= 11 is 0. The number of nitrogens with zero attached hydrogens (tertiary/aromatic N) is 1. The van der Waals surface area contributed by atoms with E-state index in [1.807, 2.05) is 51.4 Å². The summed E-state index contributed by atoms with van der Waals surface area (Å²) in [6.07, 6.45) is -4.44. The Morgan fingerprint density at radius 3 is 2.25 bits per heavy atom. The minimum atomic E-state index is -4.51. The van der Waals surface area contributed by atoms with Crippen LogP contribution < -0.4 is 10.6 Å². The minimum Gasteiger partial charge on any atom is -0.325 e. The Hall–Kier alpha value is -2.38. The molecule has 2 aromatic rings. The Morgan fingerprint density at radius 1 is 1.04 bits per heavy atom. The zero-order valence-corrected chi connectivity index (χ0v) is 16.3. The average Bonchev–Trinajstić information content (AvgIpc) is 2.62. The number of halogens is 3. The molecule has 0 heterocycles. The van der Waals surface area contributed by atoms with Crippen molar-refractivity contribution in [1.82, 2.24) is 10.2 Å². The van der Waals surface area contributed by atoms with Crippen LogP contribution in [-0.4, -0.2) is 37.5 Å². The van der Waals surface area contributed by atoms with Crippen molar-refractivity contribution in [3.8, 4) is 0 Å². The molecule has 0 spiro atoms. The van der Waals surface area contributed by atoms with Crippen molar-refractivity contribution in [2.45, 2.75) is 31.6 Å². The van der Waals surface area contributed by atoms with Gasteiger partial charge in [0.2, 0.25) is 5.91 Å². The quantitative estimate of drug-likeness (QED) is 0.702. The first-order valence-corrected chi connectivity index (χ1v) is 9.09. The molecule has 2 aromatic carbocycles. The van der Waals surface area contributed by atoms with Gasteiger partial charge < -0.3 is 15.5 Å². The fraction of sp³-hybridized carbons (Fsp3) is 0.381. The Bertz CT molecular complexity index is 763. The highest BCUT2D eigenvalue weighted by atomic mass is 19.4. The average molecular weight is 393 g/mol. The van der Waals surface area contributed by atoms with Gasteiger partial charge in [-0.15, -0.1) is 0 Å². The van der Waals surface area contributed by atoms with Gasteiger partial charge in [-0.2, -0.15) is 13.2 Å². The lowest BCUT2D eigenvalue weighted by Crippen LogP contribution is -2.37. The molecule has 0 aliphatic rings. The van der Waals surface area contributed by atoms with Crippen LogP contribution in [0.1, 0.15) is 30.5 Å². The van der Waals surface area contributed by atoms with Crippen LogP contribution in [0.5, 0.6) is 0 Å². The molecule has 2 N–H and O–H groups in total. The van der Waals surface area contributed by atoms with E-state index in [2.05, 4.69) is 15.5 Å². The van der Waals surface area contributed by atoms with Crippen LogP contribution in [0, 0.1) is 0 Å². The van der Waals surface area contributed by atoms with Crippen molar-refractivity contribution in [3.05, 3.63) is 65.7 Å². The van der Waals surface area contributed by atoms with E-state index < -0.39 is 17.6 Å². The molecule has 4 nitrogen and oxygen atoms in total. The number of para-hydroxylation sites is 1. The lowest BCUT2D eigenvalue weighted by atomic mass is 10.1. The van der Waals surface area contributed by atoms with Gasteiger partial charge in [0, 0.05) is 25.0 Å². The smallest absolute Gasteiger partial charge is 0.325 e. The third kappa shape index (κ3) is 6.35. The van der Waals surface area contributed by atoms with Crippen molar-refractivity contribution in [3.63, 3.8) is 0 Å². The monoisotopic (exact) mass is 393 g/mol. The van der Waals surface area contributed by atoms with E-state index in [0.29, 0.717) is 6.54 Å². The van der Waals surface area contributed by atoms with Crippen LogP contribution in [0.15, 0.2) is 54.6 Å². The number of amides is 1. The van der Waals surface area contributed by atoms with E-state index in [4.69, 9.17) is 0 Å². The first-order chi connectivity index (χ1) is 13.2. The van der Waals surface area contributed by atoms with Gasteiger partial charge in [0.05, 0.1) is 11.3 Å². The van der Waals surface area contributed by atoms with Gasteiger partial charge in [-0.05, 0) is 38.7 Å². The van der Waals surface area contributed by atoms with Gasteiger partial charge >= 0.3 is 6.18 Å². The number of nitrogens with one attached hydrogen (secondary N) is 2. The predicted octanol–water partition coefficient (Wildman–Crippen LogP) is 4.32. The van der Waals surface area contributed by atoms with Gasteiger partial charge in [0.25, 0.3) is 0 Å². The summed E-state index contributed by atoms with van der Waals surface area (Å²) in [5.74, 6) is -0.460. The molecule has 1 amide bonds. The molecule has 2 unspecified atom stereocenters. The van der Waals surface area contributed by atoms with E-state index in [-0.39, 0.29) is 24.2 Å². The molecular weight excluding hydrogens is 367 g/mol. The number of rotatable bonds is 8. The lowest BCUT2D eigenvalue weighted by Gasteiger charge is -2.27. The van der Waals surface area contributed by atoms with Crippen LogP contribution in [0.25, 0.3) is 0 Å². The highest BCUT2D eigenvalue weighted by molar-refractivity contribution is 5.92. The molecule has 152 valence electrons. The van der Waals surface area contributed by atoms with Crippen molar-refractivity contribution in [1.29, 1.82) is 0 Å². The fourth-order valence-electron chi connectivity index (χ4n) is 2.98. The third-order valence-electron chi connectivity index (χ3n) is 4.47. The van der Waals surface area contributed by atoms with Gasteiger partial charge in [0.15, 0.2) is 0 Å². The maximum Gasteiger partial charge on any atom is 0.418 e. The standard InChI is InChI=1S/C21H26F3N3O/c1-15(25-14-19(27(2)3)16-9-5-4-6-10-16)13-20(28)26-18-12-8-7-11-17(18)21(22,23)24/h4-12,15,19,25H,13-14H2,1-3H3,(H,26,28). The highest BCUT2D eigenvalue weighted by Gasteiger charge is 2.33. The number of carbonyl (C=O) groups excluding carboxylic acids is 1. The first kappa shape index (κ1) is 21.9. The number of hydrogen-bond donors (Lipinski definition) is 2. The number of anilines is 1. The number of alkyl halides is 3. The second-order valence-corrected chi connectivity index (χ2v) is 7.00. The van der Waals surface area contributed by atoms with E-state index in [1.54, 1.807) is 0 Å². The summed E-state index contributed by atoms with van der Waals surface area (Å²) < 4.78 is 39.1. The molecule has 2 atom stereocenters. The molecule has 0 saturated carbocycles. The van der Waals surface area contributed by atoms with Crippen LogP contribution in [0.2, 0.25) is 0 Å². The summed E-state index contributed by atoms with van der Waals surface area (Å²) in [6, 6.07) is 14.9. The van der Waals surface area contributed by atoms with Gasteiger partial charge in [-0.1, -0.05) is 42.5 Å². The number of hydrogen-bond acceptors (Lipinski definition) is 3. The third-order valence-corrected chi connectivity index (χ3v) is 4.47. The summed E-state index contributed by atoms with van der Waals surface area (Å²) in [5, 5.41) is 5.68. The van der Waals surface area contributed by atoms with Crippen molar-refractivity contribution in [2.24, 2.45) is 0 Å². The largest absolute Gasteiger partial charge is 0.418 e. The van der Waals surface area contributed by atoms with Gasteiger partial charge in [-0.25, -0.2) is 0 Å². The highest BCUT2D eigenvalue weighted by Crippen LogP contribution is 2.34. The molecule has 28 heavy (non-hydrogen) atoms. The Labute approximate surface area is 163 Å². The zero-order chi connectivity index (χ0) is 20.7. The summed E-state index contributed by atoms with van der Waals surface area (Å²) in [4.78, 5) is 14.3. The number of carbonyl (C=O) groups is 1. The van der Waals surface area contributed by atoms with Crippen molar-refractivity contribution in [2.75, 3.05) is 26.0 Å². The number of likely N-dealkylation sites (N-methyl/N-ethyl adjacent to an activating group) is 1. The fourth-order valence-corrected chi connectivity index (χ4v) is 2.98.